The number of hydrogen-bond acceptors (Lipinski definition) is 2. The van der Waals surface area contributed by atoms with Gasteiger partial charge in [0.2, 0.25) is 0 Å². The Kier molecular flexibility index (Phi) is 5.04. The molecule has 104 valence electrons. The highest BCUT2D eigenvalue weighted by atomic mass is 35.5. The molecule has 2 atom stereocenters. The number of rotatable bonds is 5. The molecule has 0 aliphatic carbocycles. The predicted octanol–water partition coefficient (Wildman–Crippen LogP) is 5.30. The Balaban J connectivity index is 2.53. The standard InChI is InChI=1S/C14H18Cl2N2S/c1-4-19-8-9(2)18-13-7-11(16)5-6-12(13)17-14(18)10(3)15/h5-7,9-10H,4,8H2,1-3H3. The molecule has 0 radical (unpaired) electrons. The zero-order valence-electron chi connectivity index (χ0n) is 11.4. The first-order valence-corrected chi connectivity index (χ1v) is 8.40. The number of halogens is 2. The summed E-state index contributed by atoms with van der Waals surface area (Å²) in [4.78, 5) is 4.65. The van der Waals surface area contributed by atoms with Crippen LogP contribution >= 0.6 is 35.0 Å². The molecular formula is C14H18Cl2N2S. The molecule has 1 aromatic heterocycles. The van der Waals surface area contributed by atoms with Gasteiger partial charge in [0.15, 0.2) is 0 Å². The molecule has 0 fully saturated rings. The minimum absolute atomic E-state index is 0.111. The second-order valence-corrected chi connectivity index (χ2v) is 7.01. The predicted molar refractivity (Wildman–Crippen MR) is 86.7 cm³/mol. The van der Waals surface area contributed by atoms with Crippen molar-refractivity contribution in [3.63, 3.8) is 0 Å². The molecular weight excluding hydrogens is 299 g/mol. The van der Waals surface area contributed by atoms with Gasteiger partial charge in [0.05, 0.1) is 16.4 Å². The van der Waals surface area contributed by atoms with Gasteiger partial charge in [0.1, 0.15) is 5.82 Å². The van der Waals surface area contributed by atoms with Gasteiger partial charge in [-0.3, -0.25) is 0 Å². The molecule has 2 rings (SSSR count). The van der Waals surface area contributed by atoms with Crippen molar-refractivity contribution in [2.75, 3.05) is 11.5 Å². The second kappa shape index (κ2) is 6.38. The van der Waals surface area contributed by atoms with Crippen molar-refractivity contribution in [1.29, 1.82) is 0 Å². The van der Waals surface area contributed by atoms with Crippen LogP contribution in [0.3, 0.4) is 0 Å². The van der Waals surface area contributed by atoms with Crippen LogP contribution in [0.1, 0.15) is 38.0 Å². The van der Waals surface area contributed by atoms with E-state index in [1.165, 1.54) is 0 Å². The Hall–Kier alpha value is -0.380. The Morgan fingerprint density at radius 1 is 1.37 bits per heavy atom. The Bertz CT molecular complexity index is 566. The van der Waals surface area contributed by atoms with Crippen LogP contribution in [0.15, 0.2) is 18.2 Å². The summed E-state index contributed by atoms with van der Waals surface area (Å²) >= 11 is 14.3. The maximum Gasteiger partial charge on any atom is 0.127 e. The first kappa shape index (κ1) is 15.0. The van der Waals surface area contributed by atoms with E-state index in [0.29, 0.717) is 6.04 Å². The van der Waals surface area contributed by atoms with Crippen LogP contribution in [0.2, 0.25) is 5.02 Å². The van der Waals surface area contributed by atoms with Crippen LogP contribution in [-0.2, 0) is 0 Å². The molecule has 2 unspecified atom stereocenters. The summed E-state index contributed by atoms with van der Waals surface area (Å²) in [7, 11) is 0. The number of benzene rings is 1. The molecule has 2 nitrogen and oxygen atoms in total. The van der Waals surface area contributed by atoms with E-state index in [2.05, 4.69) is 23.4 Å². The van der Waals surface area contributed by atoms with Crippen molar-refractivity contribution in [3.8, 4) is 0 Å². The minimum Gasteiger partial charge on any atom is -0.323 e. The third-order valence-electron chi connectivity index (χ3n) is 3.04. The number of hydrogen-bond donors (Lipinski definition) is 0. The van der Waals surface area contributed by atoms with E-state index in [1.807, 2.05) is 36.9 Å². The normalized spacial score (nSPS) is 14.8. The van der Waals surface area contributed by atoms with E-state index in [0.717, 1.165) is 33.4 Å². The van der Waals surface area contributed by atoms with Crippen molar-refractivity contribution in [1.82, 2.24) is 9.55 Å². The van der Waals surface area contributed by atoms with Gasteiger partial charge in [-0.25, -0.2) is 4.98 Å². The van der Waals surface area contributed by atoms with Crippen LogP contribution in [0.5, 0.6) is 0 Å². The molecule has 0 aliphatic heterocycles. The summed E-state index contributed by atoms with van der Waals surface area (Å²) in [6.07, 6.45) is 0. The Labute approximate surface area is 128 Å². The fraction of sp³-hybridized carbons (Fsp3) is 0.500. The van der Waals surface area contributed by atoms with Crippen LogP contribution < -0.4 is 0 Å². The molecule has 19 heavy (non-hydrogen) atoms. The van der Waals surface area contributed by atoms with Crippen molar-refractivity contribution < 1.29 is 0 Å². The van der Waals surface area contributed by atoms with Crippen LogP contribution in [-0.4, -0.2) is 21.1 Å². The first-order valence-electron chi connectivity index (χ1n) is 6.43. The summed E-state index contributed by atoms with van der Waals surface area (Å²) in [6, 6.07) is 6.15. The highest BCUT2D eigenvalue weighted by molar-refractivity contribution is 7.99. The highest BCUT2D eigenvalue weighted by Gasteiger charge is 2.19. The van der Waals surface area contributed by atoms with E-state index >= 15 is 0 Å². The molecule has 0 saturated carbocycles. The largest absolute Gasteiger partial charge is 0.323 e. The molecule has 1 aromatic carbocycles. The summed E-state index contributed by atoms with van der Waals surface area (Å²) < 4.78 is 2.22. The van der Waals surface area contributed by atoms with E-state index < -0.39 is 0 Å². The highest BCUT2D eigenvalue weighted by Crippen LogP contribution is 2.30. The van der Waals surface area contributed by atoms with Crippen molar-refractivity contribution in [2.24, 2.45) is 0 Å². The number of thioether (sulfide) groups is 1. The molecule has 0 spiro atoms. The summed E-state index contributed by atoms with van der Waals surface area (Å²) in [5, 5.41) is 0.623. The lowest BCUT2D eigenvalue weighted by Gasteiger charge is -2.18. The fourth-order valence-corrected chi connectivity index (χ4v) is 3.24. The topological polar surface area (TPSA) is 17.8 Å². The van der Waals surface area contributed by atoms with Crippen molar-refractivity contribution in [3.05, 3.63) is 29.0 Å². The van der Waals surface area contributed by atoms with Gasteiger partial charge in [-0.1, -0.05) is 18.5 Å². The fourth-order valence-electron chi connectivity index (χ4n) is 2.19. The minimum atomic E-state index is -0.111. The molecule has 0 bridgehead atoms. The van der Waals surface area contributed by atoms with Crippen LogP contribution in [0.4, 0.5) is 0 Å². The first-order chi connectivity index (χ1) is 9.04. The zero-order chi connectivity index (χ0) is 14.0. The van der Waals surface area contributed by atoms with Gasteiger partial charge in [0.25, 0.3) is 0 Å². The molecule has 0 amide bonds. The Morgan fingerprint density at radius 3 is 2.74 bits per heavy atom. The zero-order valence-corrected chi connectivity index (χ0v) is 13.7. The van der Waals surface area contributed by atoms with Crippen LogP contribution in [0.25, 0.3) is 11.0 Å². The number of aromatic nitrogens is 2. The lowest BCUT2D eigenvalue weighted by molar-refractivity contribution is 0.593. The smallest absolute Gasteiger partial charge is 0.127 e. The number of fused-ring (bicyclic) bond motifs is 1. The quantitative estimate of drug-likeness (QED) is 0.696. The Morgan fingerprint density at radius 2 is 2.11 bits per heavy atom. The van der Waals surface area contributed by atoms with Gasteiger partial charge >= 0.3 is 0 Å². The molecule has 0 N–H and O–H groups in total. The average Bonchev–Trinajstić information content (AvgIpc) is 2.74. The number of alkyl halides is 1. The van der Waals surface area contributed by atoms with Gasteiger partial charge < -0.3 is 4.57 Å². The molecule has 5 heteroatoms. The number of imidazole rings is 1. The van der Waals surface area contributed by atoms with Crippen molar-refractivity contribution >= 4 is 46.0 Å². The molecule has 0 aliphatic rings. The van der Waals surface area contributed by atoms with Gasteiger partial charge in [-0.05, 0) is 37.8 Å². The lowest BCUT2D eigenvalue weighted by atomic mass is 10.3. The SMILES string of the molecule is CCSCC(C)n1c(C(C)Cl)nc2ccc(Cl)cc21. The van der Waals surface area contributed by atoms with E-state index in [1.54, 1.807) is 0 Å². The van der Waals surface area contributed by atoms with Gasteiger partial charge in [0, 0.05) is 16.8 Å². The maximum atomic E-state index is 6.27. The average molecular weight is 317 g/mol. The summed E-state index contributed by atoms with van der Waals surface area (Å²) in [6.45, 7) is 6.33. The monoisotopic (exact) mass is 316 g/mol. The molecule has 1 heterocycles. The summed E-state index contributed by atoms with van der Waals surface area (Å²) in [5.74, 6) is 3.08. The van der Waals surface area contributed by atoms with E-state index in [4.69, 9.17) is 23.2 Å². The van der Waals surface area contributed by atoms with Gasteiger partial charge in [-0.2, -0.15) is 11.8 Å². The van der Waals surface area contributed by atoms with Crippen molar-refractivity contribution in [2.45, 2.75) is 32.2 Å². The lowest BCUT2D eigenvalue weighted by Crippen LogP contribution is -2.12. The summed E-state index contributed by atoms with van der Waals surface area (Å²) in [5.41, 5.74) is 2.03. The third kappa shape index (κ3) is 3.21. The molecule has 2 aromatic rings. The second-order valence-electron chi connectivity index (χ2n) is 4.60. The third-order valence-corrected chi connectivity index (χ3v) is 4.60. The van der Waals surface area contributed by atoms with E-state index in [-0.39, 0.29) is 5.38 Å². The molecule has 0 saturated heterocycles. The van der Waals surface area contributed by atoms with E-state index in [9.17, 15) is 0 Å². The maximum absolute atomic E-state index is 6.27. The van der Waals surface area contributed by atoms with Crippen LogP contribution in [0, 0.1) is 0 Å². The van der Waals surface area contributed by atoms with Gasteiger partial charge in [-0.15, -0.1) is 11.6 Å². The number of nitrogens with zero attached hydrogens (tertiary/aromatic N) is 2.